The van der Waals surface area contributed by atoms with Crippen LogP contribution in [-0.2, 0) is 21.2 Å². The summed E-state index contributed by atoms with van der Waals surface area (Å²) in [5.74, 6) is 0.851. The summed E-state index contributed by atoms with van der Waals surface area (Å²) in [6.45, 7) is 6.86. The van der Waals surface area contributed by atoms with Crippen molar-refractivity contribution in [1.29, 1.82) is 0 Å². The summed E-state index contributed by atoms with van der Waals surface area (Å²) in [7, 11) is -3.00. The topological polar surface area (TPSA) is 54.5 Å². The molecule has 1 amide bonds. The second-order valence-electron chi connectivity index (χ2n) is 7.08. The predicted octanol–water partition coefficient (Wildman–Crippen LogP) is 3.52. The van der Waals surface area contributed by atoms with E-state index in [-0.39, 0.29) is 23.5 Å². The highest BCUT2D eigenvalue weighted by Gasteiger charge is 2.34. The van der Waals surface area contributed by atoms with Gasteiger partial charge in [-0.15, -0.1) is 0 Å². The Morgan fingerprint density at radius 3 is 2.42 bits per heavy atom. The monoisotopic (exact) mass is 351 g/mol. The minimum atomic E-state index is -3.00. The molecule has 2 rings (SSSR count). The Kier molecular flexibility index (Phi) is 6.44. The van der Waals surface area contributed by atoms with Gasteiger partial charge in [-0.05, 0) is 29.9 Å². The largest absolute Gasteiger partial charge is 0.334 e. The first kappa shape index (κ1) is 19.0. The lowest BCUT2D eigenvalue weighted by Gasteiger charge is -2.28. The second kappa shape index (κ2) is 8.15. The highest BCUT2D eigenvalue weighted by atomic mass is 32.2. The van der Waals surface area contributed by atoms with E-state index in [0.717, 1.165) is 18.4 Å². The molecule has 0 N–H and O–H groups in total. The molecule has 24 heavy (non-hydrogen) atoms. The van der Waals surface area contributed by atoms with Crippen LogP contribution in [0.3, 0.4) is 0 Å². The minimum absolute atomic E-state index is 0.0758. The van der Waals surface area contributed by atoms with Crippen molar-refractivity contribution in [1.82, 2.24) is 4.90 Å². The van der Waals surface area contributed by atoms with Crippen molar-refractivity contribution in [2.45, 2.75) is 65.0 Å². The summed E-state index contributed by atoms with van der Waals surface area (Å²) in [5.41, 5.74) is 2.33. The normalized spacial score (nSPS) is 19.6. The molecule has 1 aliphatic heterocycles. The standard InChI is InChI=1S/C19H29NO3S/c1-4-5-6-19(21)20(18-11-12-24(22,23)14-18)13-16-7-9-17(10-8-16)15(2)3/h7-10,15,18H,4-6,11-14H2,1-3H3. The molecule has 1 fully saturated rings. The molecule has 1 aromatic carbocycles. The van der Waals surface area contributed by atoms with Gasteiger partial charge in [0.1, 0.15) is 0 Å². The molecule has 1 atom stereocenters. The molecule has 0 aliphatic carbocycles. The van der Waals surface area contributed by atoms with Crippen molar-refractivity contribution in [3.8, 4) is 0 Å². The smallest absolute Gasteiger partial charge is 0.223 e. The zero-order valence-electron chi connectivity index (χ0n) is 15.0. The van der Waals surface area contributed by atoms with Gasteiger partial charge < -0.3 is 4.90 Å². The molecule has 1 saturated heterocycles. The van der Waals surface area contributed by atoms with Crippen LogP contribution in [0.25, 0.3) is 0 Å². The van der Waals surface area contributed by atoms with Gasteiger partial charge in [0.15, 0.2) is 9.84 Å². The van der Waals surface area contributed by atoms with Crippen LogP contribution in [0, 0.1) is 0 Å². The average Bonchev–Trinajstić information content (AvgIpc) is 2.90. The van der Waals surface area contributed by atoms with Crippen molar-refractivity contribution in [3.63, 3.8) is 0 Å². The first-order chi connectivity index (χ1) is 11.3. The molecular weight excluding hydrogens is 322 g/mol. The lowest BCUT2D eigenvalue weighted by Crippen LogP contribution is -2.40. The molecule has 0 saturated carbocycles. The van der Waals surface area contributed by atoms with Crippen LogP contribution >= 0.6 is 0 Å². The van der Waals surface area contributed by atoms with E-state index in [0.29, 0.717) is 25.3 Å². The number of benzene rings is 1. The van der Waals surface area contributed by atoms with Gasteiger partial charge in [0, 0.05) is 19.0 Å². The maximum absolute atomic E-state index is 12.6. The number of rotatable bonds is 7. The van der Waals surface area contributed by atoms with E-state index in [4.69, 9.17) is 0 Å². The van der Waals surface area contributed by atoms with E-state index in [9.17, 15) is 13.2 Å². The highest BCUT2D eigenvalue weighted by Crippen LogP contribution is 2.22. The Balaban J connectivity index is 2.14. The van der Waals surface area contributed by atoms with Crippen molar-refractivity contribution < 1.29 is 13.2 Å². The zero-order chi connectivity index (χ0) is 17.7. The summed E-state index contributed by atoms with van der Waals surface area (Å²) in [6, 6.07) is 8.13. The summed E-state index contributed by atoms with van der Waals surface area (Å²) < 4.78 is 23.6. The number of amides is 1. The van der Waals surface area contributed by atoms with Crippen LogP contribution in [0.1, 0.15) is 63.5 Å². The van der Waals surface area contributed by atoms with E-state index in [1.54, 1.807) is 4.90 Å². The van der Waals surface area contributed by atoms with Crippen molar-refractivity contribution in [2.75, 3.05) is 11.5 Å². The Hall–Kier alpha value is -1.36. The molecule has 0 bridgehead atoms. The fraction of sp³-hybridized carbons (Fsp3) is 0.632. The van der Waals surface area contributed by atoms with E-state index in [1.807, 2.05) is 0 Å². The maximum atomic E-state index is 12.6. The average molecular weight is 352 g/mol. The van der Waals surface area contributed by atoms with Crippen molar-refractivity contribution in [3.05, 3.63) is 35.4 Å². The van der Waals surface area contributed by atoms with E-state index >= 15 is 0 Å². The first-order valence-corrected chi connectivity index (χ1v) is 10.7. The molecule has 0 radical (unpaired) electrons. The molecule has 5 heteroatoms. The fourth-order valence-corrected chi connectivity index (χ4v) is 4.85. The van der Waals surface area contributed by atoms with E-state index < -0.39 is 9.84 Å². The van der Waals surface area contributed by atoms with E-state index in [1.165, 1.54) is 5.56 Å². The molecule has 1 heterocycles. The summed E-state index contributed by atoms with van der Waals surface area (Å²) in [5, 5.41) is 0. The van der Waals surface area contributed by atoms with Crippen molar-refractivity contribution >= 4 is 15.7 Å². The predicted molar refractivity (Wildman–Crippen MR) is 97.7 cm³/mol. The van der Waals surface area contributed by atoms with Gasteiger partial charge in [-0.1, -0.05) is 51.5 Å². The molecule has 4 nitrogen and oxygen atoms in total. The van der Waals surface area contributed by atoms with Gasteiger partial charge in [-0.3, -0.25) is 4.79 Å². The van der Waals surface area contributed by atoms with Gasteiger partial charge >= 0.3 is 0 Å². The molecule has 1 aromatic rings. The third-order valence-electron chi connectivity index (χ3n) is 4.71. The Bertz CT molecular complexity index is 650. The van der Waals surface area contributed by atoms with Crippen LogP contribution in [0.5, 0.6) is 0 Å². The Labute approximate surface area is 146 Å². The van der Waals surface area contributed by atoms with Crippen LogP contribution in [0.2, 0.25) is 0 Å². The third kappa shape index (κ3) is 5.07. The third-order valence-corrected chi connectivity index (χ3v) is 6.46. The summed E-state index contributed by atoms with van der Waals surface area (Å²) >= 11 is 0. The fourth-order valence-electron chi connectivity index (χ4n) is 3.12. The maximum Gasteiger partial charge on any atom is 0.223 e. The summed E-state index contributed by atoms with van der Waals surface area (Å²) in [6.07, 6.45) is 2.87. The molecular formula is C19H29NO3S. The second-order valence-corrected chi connectivity index (χ2v) is 9.31. The molecule has 1 aliphatic rings. The van der Waals surface area contributed by atoms with Gasteiger partial charge in [0.2, 0.25) is 5.91 Å². The number of hydrogen-bond acceptors (Lipinski definition) is 3. The minimum Gasteiger partial charge on any atom is -0.334 e. The number of hydrogen-bond donors (Lipinski definition) is 0. The quantitative estimate of drug-likeness (QED) is 0.755. The molecule has 0 aromatic heterocycles. The number of sulfone groups is 1. The van der Waals surface area contributed by atoms with Crippen LogP contribution in [-0.4, -0.2) is 36.8 Å². The van der Waals surface area contributed by atoms with Gasteiger partial charge in [-0.25, -0.2) is 8.42 Å². The van der Waals surface area contributed by atoms with Crippen molar-refractivity contribution in [2.24, 2.45) is 0 Å². The Morgan fingerprint density at radius 1 is 1.25 bits per heavy atom. The molecule has 0 spiro atoms. The van der Waals surface area contributed by atoms with Gasteiger partial charge in [-0.2, -0.15) is 0 Å². The molecule has 1 unspecified atom stereocenters. The van der Waals surface area contributed by atoms with Gasteiger partial charge in [0.25, 0.3) is 0 Å². The Morgan fingerprint density at radius 2 is 1.92 bits per heavy atom. The van der Waals surface area contributed by atoms with Crippen LogP contribution in [0.4, 0.5) is 0 Å². The zero-order valence-corrected chi connectivity index (χ0v) is 15.8. The van der Waals surface area contributed by atoms with Gasteiger partial charge in [0.05, 0.1) is 11.5 Å². The summed E-state index contributed by atoms with van der Waals surface area (Å²) in [4.78, 5) is 14.4. The highest BCUT2D eigenvalue weighted by molar-refractivity contribution is 7.91. The van der Waals surface area contributed by atoms with Crippen LogP contribution in [0.15, 0.2) is 24.3 Å². The lowest BCUT2D eigenvalue weighted by atomic mass is 10.0. The van der Waals surface area contributed by atoms with E-state index in [2.05, 4.69) is 45.0 Å². The number of carbonyl (C=O) groups excluding carboxylic acids is 1. The van der Waals surface area contributed by atoms with Crippen LogP contribution < -0.4 is 0 Å². The molecule has 134 valence electrons. The number of carbonyl (C=O) groups is 1. The first-order valence-electron chi connectivity index (χ1n) is 8.91. The number of unbranched alkanes of at least 4 members (excludes halogenated alkanes) is 1. The lowest BCUT2D eigenvalue weighted by molar-refractivity contribution is -0.133. The number of nitrogens with zero attached hydrogens (tertiary/aromatic N) is 1. The SMILES string of the molecule is CCCCC(=O)N(Cc1ccc(C(C)C)cc1)C1CCS(=O)(=O)C1.